The summed E-state index contributed by atoms with van der Waals surface area (Å²) in [6, 6.07) is 5.16. The standard InChI is InChI=1S/C25H36OS2.6CH3.2Sn/c1-3-5-7-9-11-13-17-25(18-14-12-10-8-6-4-2)21-15-19-27-23(21)24-22(26-25)16-20-28-24;;;;;;;;/h15-16H,3-14,17-18H2,1-2H3;6*1H3;;. The van der Waals surface area contributed by atoms with Crippen molar-refractivity contribution in [1.29, 1.82) is 0 Å². The van der Waals surface area contributed by atoms with Crippen LogP contribution in [0.25, 0.3) is 9.75 Å². The first-order chi connectivity index (χ1) is 17.0. The molecule has 1 aliphatic heterocycles. The molecular formula is C31H54OS2Sn2. The van der Waals surface area contributed by atoms with Crippen molar-refractivity contribution in [2.45, 2.75) is 139 Å². The van der Waals surface area contributed by atoms with E-state index < -0.39 is 36.8 Å². The maximum atomic E-state index is 7.28. The summed E-state index contributed by atoms with van der Waals surface area (Å²) in [6.45, 7) is 4.63. The molecule has 0 fully saturated rings. The van der Waals surface area contributed by atoms with Gasteiger partial charge in [0, 0.05) is 0 Å². The molecule has 36 heavy (non-hydrogen) atoms. The van der Waals surface area contributed by atoms with Crippen LogP contribution in [0.4, 0.5) is 0 Å². The Morgan fingerprint density at radius 3 is 1.56 bits per heavy atom. The number of unbranched alkanes of at least 4 members (excludes halogenated alkanes) is 10. The Balaban J connectivity index is 1.94. The summed E-state index contributed by atoms with van der Waals surface area (Å²) in [6.07, 6.45) is 18.7. The Labute approximate surface area is 240 Å². The molecule has 0 spiro atoms. The first-order valence-corrected chi connectivity index (χ1v) is 36.6. The molecule has 0 bridgehead atoms. The van der Waals surface area contributed by atoms with Gasteiger partial charge in [0.2, 0.25) is 0 Å². The Hall–Kier alpha value is 0.797. The SMILES string of the molecule is CCCCCCCCC1(CCCCCCCC)Oc2c[c]([Sn]([CH3])([CH3])[CH3])sc2-c2s[c]([Sn]([CH3])([CH3])[CH3])cc21. The van der Waals surface area contributed by atoms with Gasteiger partial charge in [-0.3, -0.25) is 0 Å². The summed E-state index contributed by atoms with van der Waals surface area (Å²) in [4.78, 5) is 18.5. The van der Waals surface area contributed by atoms with Gasteiger partial charge in [-0.15, -0.1) is 0 Å². The van der Waals surface area contributed by atoms with Gasteiger partial charge in [-0.25, -0.2) is 0 Å². The molecule has 0 unspecified atom stereocenters. The quantitative estimate of drug-likeness (QED) is 0.123. The number of thiophene rings is 2. The molecule has 1 nitrogen and oxygen atoms in total. The molecule has 3 rings (SSSR count). The second kappa shape index (κ2) is 13.9. The minimum atomic E-state index is -2.19. The van der Waals surface area contributed by atoms with Gasteiger partial charge in [0.25, 0.3) is 0 Å². The third-order valence-corrected chi connectivity index (χ3v) is 29.0. The molecule has 0 aliphatic carbocycles. The van der Waals surface area contributed by atoms with Gasteiger partial charge in [-0.2, -0.15) is 0 Å². The van der Waals surface area contributed by atoms with Crippen LogP contribution in [0.2, 0.25) is 29.6 Å². The first-order valence-electron chi connectivity index (χ1n) is 15.0. The van der Waals surface area contributed by atoms with Gasteiger partial charge in [0.05, 0.1) is 0 Å². The first kappa shape index (κ1) is 31.3. The maximum absolute atomic E-state index is 7.28. The molecule has 0 radical (unpaired) electrons. The number of hydrogen-bond acceptors (Lipinski definition) is 3. The van der Waals surface area contributed by atoms with Crippen molar-refractivity contribution in [2.24, 2.45) is 0 Å². The second-order valence-electron chi connectivity index (χ2n) is 13.3. The number of fused-ring (bicyclic) bond motifs is 3. The zero-order valence-corrected chi connectivity index (χ0v) is 32.1. The van der Waals surface area contributed by atoms with Crippen molar-refractivity contribution in [2.75, 3.05) is 0 Å². The Morgan fingerprint density at radius 1 is 0.611 bits per heavy atom. The second-order valence-corrected chi connectivity index (χ2v) is 46.2. The predicted molar refractivity (Wildman–Crippen MR) is 172 cm³/mol. The van der Waals surface area contributed by atoms with E-state index in [-0.39, 0.29) is 5.60 Å². The van der Waals surface area contributed by atoms with Crippen LogP contribution in [-0.4, -0.2) is 36.8 Å². The molecule has 3 heterocycles. The molecule has 2 aromatic rings. The molecule has 2 aromatic heterocycles. The van der Waals surface area contributed by atoms with Crippen molar-refractivity contribution in [1.82, 2.24) is 0 Å². The topological polar surface area (TPSA) is 9.23 Å². The van der Waals surface area contributed by atoms with E-state index >= 15 is 0 Å². The van der Waals surface area contributed by atoms with Crippen molar-refractivity contribution in [3.8, 4) is 15.5 Å². The zero-order chi connectivity index (χ0) is 26.4. The normalized spacial score (nSPS) is 15.0. The van der Waals surface area contributed by atoms with Crippen LogP contribution < -0.4 is 10.5 Å². The molecule has 204 valence electrons. The summed E-state index contributed by atoms with van der Waals surface area (Å²) < 4.78 is 10.7. The predicted octanol–water partition coefficient (Wildman–Crippen LogP) is 10.7. The van der Waals surface area contributed by atoms with Gasteiger partial charge < -0.3 is 0 Å². The van der Waals surface area contributed by atoms with Gasteiger partial charge in [-0.05, 0) is 0 Å². The van der Waals surface area contributed by atoms with Crippen LogP contribution in [0.15, 0.2) is 12.1 Å². The summed E-state index contributed by atoms with van der Waals surface area (Å²) in [5.41, 5.74) is 1.48. The molecule has 1 aliphatic rings. The molecule has 0 atom stereocenters. The number of rotatable bonds is 16. The van der Waals surface area contributed by atoms with Crippen molar-refractivity contribution in [3.63, 3.8) is 0 Å². The van der Waals surface area contributed by atoms with E-state index in [2.05, 4.69) is 78.3 Å². The van der Waals surface area contributed by atoms with Crippen molar-refractivity contribution in [3.05, 3.63) is 17.7 Å². The zero-order valence-electron chi connectivity index (χ0n) is 24.8. The van der Waals surface area contributed by atoms with Crippen LogP contribution in [0.5, 0.6) is 5.75 Å². The van der Waals surface area contributed by atoms with Gasteiger partial charge in [-0.1, -0.05) is 0 Å². The fraction of sp³-hybridized carbons (Fsp3) is 0.742. The van der Waals surface area contributed by atoms with E-state index in [1.54, 1.807) is 16.2 Å². The molecule has 0 amide bonds. The third-order valence-electron chi connectivity index (χ3n) is 7.78. The van der Waals surface area contributed by atoms with Gasteiger partial charge in [0.1, 0.15) is 0 Å². The van der Waals surface area contributed by atoms with Crippen LogP contribution in [0.1, 0.15) is 109 Å². The van der Waals surface area contributed by atoms with Gasteiger partial charge in [0.15, 0.2) is 0 Å². The van der Waals surface area contributed by atoms with E-state index in [0.717, 1.165) is 0 Å². The van der Waals surface area contributed by atoms with Crippen LogP contribution >= 0.6 is 22.7 Å². The molecule has 0 saturated heterocycles. The van der Waals surface area contributed by atoms with Crippen LogP contribution in [0.3, 0.4) is 0 Å². The Bertz CT molecular complexity index is 929. The molecule has 0 N–H and O–H groups in total. The Morgan fingerprint density at radius 2 is 1.06 bits per heavy atom. The van der Waals surface area contributed by atoms with Crippen LogP contribution in [-0.2, 0) is 5.60 Å². The minimum absolute atomic E-state index is 0.102. The molecule has 0 saturated carbocycles. The molecule has 5 heteroatoms. The van der Waals surface area contributed by atoms with Crippen LogP contribution in [0, 0.1) is 0 Å². The van der Waals surface area contributed by atoms with Crippen molar-refractivity contribution >= 4 is 65.2 Å². The van der Waals surface area contributed by atoms with E-state index in [1.807, 2.05) is 0 Å². The average Bonchev–Trinajstić information content (AvgIpc) is 3.43. The van der Waals surface area contributed by atoms with Crippen molar-refractivity contribution < 1.29 is 4.74 Å². The molecule has 0 aromatic carbocycles. The third kappa shape index (κ3) is 8.16. The number of hydrogen-bond donors (Lipinski definition) is 0. The average molecular weight is 744 g/mol. The van der Waals surface area contributed by atoms with E-state index in [0.29, 0.717) is 0 Å². The summed E-state index contributed by atoms with van der Waals surface area (Å²) >= 11 is -0.111. The monoisotopic (exact) mass is 746 g/mol. The van der Waals surface area contributed by atoms with Gasteiger partial charge >= 0.3 is 242 Å². The molecular weight excluding hydrogens is 690 g/mol. The Kier molecular flexibility index (Phi) is 12.1. The fourth-order valence-electron chi connectivity index (χ4n) is 5.39. The summed E-state index contributed by atoms with van der Waals surface area (Å²) in [5.74, 6) is 1.24. The number of ether oxygens (including phenoxy) is 1. The fourth-order valence-corrected chi connectivity index (χ4v) is 18.2. The van der Waals surface area contributed by atoms with E-state index in [1.165, 1.54) is 101 Å². The summed E-state index contributed by atoms with van der Waals surface area (Å²) in [5, 5.41) is 0. The van der Waals surface area contributed by atoms with E-state index in [4.69, 9.17) is 4.74 Å². The summed E-state index contributed by atoms with van der Waals surface area (Å²) in [7, 11) is 0. The van der Waals surface area contributed by atoms with E-state index in [9.17, 15) is 0 Å².